The molecule has 0 atom stereocenters. The van der Waals surface area contributed by atoms with Gasteiger partial charge in [0.05, 0.1) is 38.6 Å². The molecule has 20 heavy (non-hydrogen) atoms. The molecule has 0 bridgehead atoms. The van der Waals surface area contributed by atoms with E-state index in [1.807, 2.05) is 0 Å². The second-order valence-corrected chi connectivity index (χ2v) is 3.84. The summed E-state index contributed by atoms with van der Waals surface area (Å²) in [4.78, 5) is 10.7. The van der Waals surface area contributed by atoms with Gasteiger partial charge in [-0.1, -0.05) is 6.07 Å². The Bertz CT molecular complexity index is 397. The van der Waals surface area contributed by atoms with Crippen LogP contribution in [0.25, 0.3) is 0 Å². The monoisotopic (exact) mass is 286 g/mol. The molecule has 0 spiro atoms. The zero-order chi connectivity index (χ0) is 14.6. The number of carbonyl (C=O) groups excluding carboxylic acids is 1. The second kappa shape index (κ2) is 10.3. The summed E-state index contributed by atoms with van der Waals surface area (Å²) in [7, 11) is 1.61. The Morgan fingerprint density at radius 2 is 1.70 bits per heavy atom. The molecule has 1 aromatic carbocycles. The van der Waals surface area contributed by atoms with E-state index in [0.29, 0.717) is 39.3 Å². The van der Waals surface area contributed by atoms with Gasteiger partial charge in [-0.2, -0.15) is 0 Å². The van der Waals surface area contributed by atoms with Gasteiger partial charge in [-0.25, -0.2) is 4.39 Å². The third kappa shape index (κ3) is 6.10. The molecule has 0 N–H and O–H groups in total. The molecule has 0 aromatic heterocycles. The van der Waals surface area contributed by atoms with Gasteiger partial charge in [0.2, 0.25) is 0 Å². The van der Waals surface area contributed by atoms with Gasteiger partial charge in [0.1, 0.15) is 18.2 Å². The number of aldehydes is 1. The predicted molar refractivity (Wildman–Crippen MR) is 70.8 cm³/mol. The maximum atomic E-state index is 13.3. The summed E-state index contributed by atoms with van der Waals surface area (Å²) in [5.41, 5.74) is -0.0737. The van der Waals surface area contributed by atoms with Crippen LogP contribution in [0.3, 0.4) is 0 Å². The molecule has 1 rings (SSSR count). The maximum absolute atomic E-state index is 13.3. The van der Waals surface area contributed by atoms with Gasteiger partial charge in [-0.05, 0) is 12.1 Å². The van der Waals surface area contributed by atoms with E-state index in [0.717, 1.165) is 0 Å². The van der Waals surface area contributed by atoms with Crippen LogP contribution >= 0.6 is 0 Å². The molecule has 0 radical (unpaired) electrons. The molecule has 5 nitrogen and oxygen atoms in total. The predicted octanol–water partition coefficient (Wildman–Crippen LogP) is 1.70. The molecule has 0 aliphatic carbocycles. The van der Waals surface area contributed by atoms with E-state index < -0.39 is 5.82 Å². The maximum Gasteiger partial charge on any atom is 0.156 e. The molecule has 112 valence electrons. The first-order valence-electron chi connectivity index (χ1n) is 6.30. The van der Waals surface area contributed by atoms with Crippen LogP contribution in [0.2, 0.25) is 0 Å². The molecule has 0 heterocycles. The minimum atomic E-state index is -0.593. The smallest absolute Gasteiger partial charge is 0.156 e. The molecule has 0 aliphatic rings. The first-order chi connectivity index (χ1) is 9.79. The largest absolute Gasteiger partial charge is 0.490 e. The number of carbonyl (C=O) groups is 1. The van der Waals surface area contributed by atoms with E-state index in [1.54, 1.807) is 13.2 Å². The highest BCUT2D eigenvalue weighted by molar-refractivity contribution is 5.79. The van der Waals surface area contributed by atoms with Gasteiger partial charge in [-0.3, -0.25) is 4.79 Å². The Labute approximate surface area is 117 Å². The van der Waals surface area contributed by atoms with Crippen molar-refractivity contribution in [1.82, 2.24) is 0 Å². The van der Waals surface area contributed by atoms with E-state index >= 15 is 0 Å². The molecule has 0 aliphatic heterocycles. The molecular weight excluding hydrogens is 267 g/mol. The van der Waals surface area contributed by atoms with Crippen molar-refractivity contribution in [2.24, 2.45) is 0 Å². The van der Waals surface area contributed by atoms with Gasteiger partial charge in [0.15, 0.2) is 6.29 Å². The lowest BCUT2D eigenvalue weighted by Gasteiger charge is -2.09. The van der Waals surface area contributed by atoms with Crippen molar-refractivity contribution in [3.05, 3.63) is 29.6 Å². The van der Waals surface area contributed by atoms with Crippen molar-refractivity contribution in [3.63, 3.8) is 0 Å². The molecule has 0 amide bonds. The van der Waals surface area contributed by atoms with Crippen molar-refractivity contribution in [2.45, 2.75) is 0 Å². The standard InChI is InChI=1S/C14H19FO5/c1-17-5-6-18-7-8-19-9-10-20-14-4-2-3-13(15)12(14)11-16/h2-4,11H,5-10H2,1H3. The Balaban J connectivity index is 2.13. The fourth-order valence-electron chi connectivity index (χ4n) is 1.43. The Morgan fingerprint density at radius 1 is 1.05 bits per heavy atom. The van der Waals surface area contributed by atoms with Gasteiger partial charge in [-0.15, -0.1) is 0 Å². The van der Waals surface area contributed by atoms with E-state index in [1.165, 1.54) is 12.1 Å². The van der Waals surface area contributed by atoms with Crippen LogP contribution in [0.1, 0.15) is 10.4 Å². The lowest BCUT2D eigenvalue weighted by molar-refractivity contribution is 0.0179. The fraction of sp³-hybridized carbons (Fsp3) is 0.500. The highest BCUT2D eigenvalue weighted by atomic mass is 19.1. The molecule has 0 saturated heterocycles. The Kier molecular flexibility index (Phi) is 8.53. The zero-order valence-corrected chi connectivity index (χ0v) is 11.5. The van der Waals surface area contributed by atoms with Crippen LogP contribution in [0.5, 0.6) is 5.75 Å². The van der Waals surface area contributed by atoms with Crippen molar-refractivity contribution in [2.75, 3.05) is 46.8 Å². The normalized spacial score (nSPS) is 10.5. The van der Waals surface area contributed by atoms with Gasteiger partial charge < -0.3 is 18.9 Å². The number of ether oxygens (including phenoxy) is 4. The summed E-state index contributed by atoms with van der Waals surface area (Å²) in [6.45, 7) is 2.57. The first-order valence-corrected chi connectivity index (χ1v) is 6.30. The quantitative estimate of drug-likeness (QED) is 0.458. The fourth-order valence-corrected chi connectivity index (χ4v) is 1.43. The summed E-state index contributed by atoms with van der Waals surface area (Å²) in [6.07, 6.45) is 0.440. The third-order valence-corrected chi connectivity index (χ3v) is 2.42. The van der Waals surface area contributed by atoms with E-state index in [4.69, 9.17) is 18.9 Å². The average Bonchev–Trinajstić information content (AvgIpc) is 2.45. The summed E-state index contributed by atoms with van der Waals surface area (Å²) in [5.74, 6) is -0.370. The molecule has 6 heteroatoms. The van der Waals surface area contributed by atoms with Crippen LogP contribution in [-0.4, -0.2) is 53.0 Å². The van der Waals surface area contributed by atoms with E-state index in [9.17, 15) is 9.18 Å². The molecular formula is C14H19FO5. The lowest BCUT2D eigenvalue weighted by atomic mass is 10.2. The van der Waals surface area contributed by atoms with Crippen molar-refractivity contribution in [1.29, 1.82) is 0 Å². The lowest BCUT2D eigenvalue weighted by Crippen LogP contribution is -2.13. The first kappa shape index (κ1) is 16.6. The molecule has 0 unspecified atom stereocenters. The Morgan fingerprint density at radius 3 is 2.35 bits per heavy atom. The van der Waals surface area contributed by atoms with Crippen LogP contribution in [0.4, 0.5) is 4.39 Å². The van der Waals surface area contributed by atoms with Gasteiger partial charge in [0.25, 0.3) is 0 Å². The number of halogens is 1. The average molecular weight is 286 g/mol. The van der Waals surface area contributed by atoms with E-state index in [-0.39, 0.29) is 17.9 Å². The number of benzene rings is 1. The molecule has 0 fully saturated rings. The van der Waals surface area contributed by atoms with Crippen molar-refractivity contribution < 1.29 is 28.1 Å². The van der Waals surface area contributed by atoms with Crippen LogP contribution in [0.15, 0.2) is 18.2 Å². The zero-order valence-electron chi connectivity index (χ0n) is 11.5. The van der Waals surface area contributed by atoms with Crippen LogP contribution < -0.4 is 4.74 Å². The molecule has 0 saturated carbocycles. The number of hydrogen-bond donors (Lipinski definition) is 0. The van der Waals surface area contributed by atoms with Crippen molar-refractivity contribution >= 4 is 6.29 Å². The number of rotatable bonds is 11. The minimum absolute atomic E-state index is 0.0737. The topological polar surface area (TPSA) is 54.0 Å². The third-order valence-electron chi connectivity index (χ3n) is 2.42. The molecule has 1 aromatic rings. The summed E-state index contributed by atoms with van der Waals surface area (Å²) >= 11 is 0. The summed E-state index contributed by atoms with van der Waals surface area (Å²) < 4.78 is 33.8. The number of hydrogen-bond acceptors (Lipinski definition) is 5. The highest BCUT2D eigenvalue weighted by Gasteiger charge is 2.07. The van der Waals surface area contributed by atoms with E-state index in [2.05, 4.69) is 0 Å². The van der Waals surface area contributed by atoms with Crippen LogP contribution in [0, 0.1) is 5.82 Å². The highest BCUT2D eigenvalue weighted by Crippen LogP contribution is 2.19. The van der Waals surface area contributed by atoms with Crippen LogP contribution in [-0.2, 0) is 14.2 Å². The minimum Gasteiger partial charge on any atom is -0.490 e. The summed E-state index contributed by atoms with van der Waals surface area (Å²) in [5, 5.41) is 0. The Hall–Kier alpha value is -1.50. The summed E-state index contributed by atoms with van der Waals surface area (Å²) in [6, 6.07) is 4.24. The number of methoxy groups -OCH3 is 1. The van der Waals surface area contributed by atoms with Gasteiger partial charge in [0, 0.05) is 7.11 Å². The van der Waals surface area contributed by atoms with Crippen molar-refractivity contribution in [3.8, 4) is 5.75 Å². The second-order valence-electron chi connectivity index (χ2n) is 3.84. The van der Waals surface area contributed by atoms with Gasteiger partial charge >= 0.3 is 0 Å². The SMILES string of the molecule is COCCOCCOCCOc1cccc(F)c1C=O.